The van der Waals surface area contributed by atoms with E-state index in [4.69, 9.17) is 33.6 Å². The van der Waals surface area contributed by atoms with Crippen LogP contribution in [0.15, 0.2) is 12.1 Å². The summed E-state index contributed by atoms with van der Waals surface area (Å²) in [4.78, 5) is 11.0. The highest BCUT2D eigenvalue weighted by atomic mass is 35.5. The van der Waals surface area contributed by atoms with Crippen LogP contribution in [-0.4, -0.2) is 25.2 Å². The topological polar surface area (TPSA) is 107 Å². The molecule has 0 saturated carbocycles. The first-order valence-electron chi connectivity index (χ1n) is 4.37. The molecule has 0 saturated heterocycles. The standard InChI is InChI=1S/C9H6Cl2N2O4S/c10-5-1-2-6(11)8(7(5)9(14)15)13-18(16,17)4-3-12/h1-2,13H,4H2,(H,14,15). The molecular weight excluding hydrogens is 303 g/mol. The van der Waals surface area contributed by atoms with Gasteiger partial charge in [0.15, 0.2) is 5.75 Å². The van der Waals surface area contributed by atoms with E-state index in [2.05, 4.69) is 0 Å². The number of hydrogen-bond acceptors (Lipinski definition) is 4. The quantitative estimate of drug-likeness (QED) is 0.884. The van der Waals surface area contributed by atoms with Crippen LogP contribution >= 0.6 is 23.2 Å². The van der Waals surface area contributed by atoms with E-state index < -0.39 is 27.3 Å². The molecular formula is C9H6Cl2N2O4S. The lowest BCUT2D eigenvalue weighted by molar-refractivity contribution is 0.0698. The van der Waals surface area contributed by atoms with Gasteiger partial charge in [-0.15, -0.1) is 0 Å². The summed E-state index contributed by atoms with van der Waals surface area (Å²) in [6, 6.07) is 3.92. The summed E-state index contributed by atoms with van der Waals surface area (Å²) < 4.78 is 24.8. The summed E-state index contributed by atoms with van der Waals surface area (Å²) in [5.41, 5.74) is -0.822. The molecule has 0 radical (unpaired) electrons. The molecule has 0 amide bonds. The number of hydrogen-bond donors (Lipinski definition) is 2. The zero-order valence-electron chi connectivity index (χ0n) is 8.65. The Labute approximate surface area is 113 Å². The maximum atomic E-state index is 11.4. The van der Waals surface area contributed by atoms with E-state index >= 15 is 0 Å². The second kappa shape index (κ2) is 5.44. The molecule has 18 heavy (non-hydrogen) atoms. The van der Waals surface area contributed by atoms with Gasteiger partial charge in [0.1, 0.15) is 5.56 Å². The van der Waals surface area contributed by atoms with Crippen molar-refractivity contribution < 1.29 is 18.3 Å². The molecule has 1 rings (SSSR count). The Kier molecular flexibility index (Phi) is 4.40. The fourth-order valence-electron chi connectivity index (χ4n) is 1.14. The van der Waals surface area contributed by atoms with Gasteiger partial charge in [-0.25, -0.2) is 13.2 Å². The molecule has 0 spiro atoms. The molecule has 0 unspecified atom stereocenters. The molecule has 1 aromatic rings. The second-order valence-corrected chi connectivity index (χ2v) is 5.64. The lowest BCUT2D eigenvalue weighted by Gasteiger charge is -2.11. The molecule has 0 aromatic heterocycles. The van der Waals surface area contributed by atoms with Gasteiger partial charge in [-0.05, 0) is 12.1 Å². The molecule has 0 fully saturated rings. The Bertz CT molecular complexity index is 637. The predicted octanol–water partition coefficient (Wildman–Crippen LogP) is 1.96. The summed E-state index contributed by atoms with van der Waals surface area (Å²) in [5.74, 6) is -2.26. The van der Waals surface area contributed by atoms with Crippen molar-refractivity contribution in [3.8, 4) is 6.07 Å². The number of halogens is 2. The molecule has 0 aliphatic carbocycles. The minimum absolute atomic E-state index is 0.127. The van der Waals surface area contributed by atoms with Crippen molar-refractivity contribution in [1.82, 2.24) is 0 Å². The first kappa shape index (κ1) is 14.6. The Morgan fingerprint density at radius 3 is 2.44 bits per heavy atom. The van der Waals surface area contributed by atoms with Gasteiger partial charge in [0.05, 0.1) is 21.8 Å². The van der Waals surface area contributed by atoms with Gasteiger partial charge in [0.2, 0.25) is 10.0 Å². The van der Waals surface area contributed by atoms with Crippen LogP contribution in [0.1, 0.15) is 10.4 Å². The van der Waals surface area contributed by atoms with E-state index in [1.54, 1.807) is 0 Å². The summed E-state index contributed by atoms with van der Waals surface area (Å²) in [5, 5.41) is 17.0. The van der Waals surface area contributed by atoms with E-state index in [1.807, 2.05) is 4.72 Å². The predicted molar refractivity (Wildman–Crippen MR) is 66.4 cm³/mol. The Balaban J connectivity index is 3.37. The van der Waals surface area contributed by atoms with Crippen molar-refractivity contribution in [2.45, 2.75) is 0 Å². The molecule has 96 valence electrons. The Morgan fingerprint density at radius 2 is 1.94 bits per heavy atom. The number of rotatable bonds is 4. The van der Waals surface area contributed by atoms with Crippen molar-refractivity contribution in [2.75, 3.05) is 10.5 Å². The van der Waals surface area contributed by atoms with E-state index in [0.29, 0.717) is 0 Å². The molecule has 1 aromatic carbocycles. The number of nitriles is 1. The van der Waals surface area contributed by atoms with E-state index in [1.165, 1.54) is 18.2 Å². The van der Waals surface area contributed by atoms with Gasteiger partial charge < -0.3 is 5.11 Å². The maximum Gasteiger partial charge on any atom is 0.339 e. The first-order chi connectivity index (χ1) is 8.28. The van der Waals surface area contributed by atoms with E-state index in [0.717, 1.165) is 0 Å². The van der Waals surface area contributed by atoms with Crippen LogP contribution in [0.5, 0.6) is 0 Å². The average Bonchev–Trinajstić information content (AvgIpc) is 2.22. The molecule has 0 atom stereocenters. The van der Waals surface area contributed by atoms with Crippen molar-refractivity contribution in [2.24, 2.45) is 0 Å². The zero-order chi connectivity index (χ0) is 13.9. The van der Waals surface area contributed by atoms with E-state index in [9.17, 15) is 13.2 Å². The lowest BCUT2D eigenvalue weighted by atomic mass is 10.2. The molecule has 0 heterocycles. The van der Waals surface area contributed by atoms with Crippen LogP contribution in [0.2, 0.25) is 10.0 Å². The van der Waals surface area contributed by atoms with Gasteiger partial charge in [-0.2, -0.15) is 5.26 Å². The summed E-state index contributed by atoms with van der Waals surface area (Å²) in [6.45, 7) is 0. The Morgan fingerprint density at radius 1 is 1.39 bits per heavy atom. The van der Waals surface area contributed by atoms with Crippen LogP contribution in [-0.2, 0) is 10.0 Å². The SMILES string of the molecule is N#CCS(=O)(=O)Nc1c(Cl)ccc(Cl)c1C(=O)O. The third kappa shape index (κ3) is 3.26. The Hall–Kier alpha value is -1.49. The average molecular weight is 309 g/mol. The summed E-state index contributed by atoms with van der Waals surface area (Å²) in [7, 11) is -4.00. The zero-order valence-corrected chi connectivity index (χ0v) is 11.0. The third-order valence-corrected chi connectivity index (χ3v) is 3.48. The highest BCUT2D eigenvalue weighted by Gasteiger charge is 2.21. The van der Waals surface area contributed by atoms with Crippen LogP contribution < -0.4 is 4.72 Å². The number of sulfonamides is 1. The number of carboxylic acids is 1. The summed E-state index contributed by atoms with van der Waals surface area (Å²) >= 11 is 11.4. The smallest absolute Gasteiger partial charge is 0.339 e. The largest absolute Gasteiger partial charge is 0.478 e. The molecule has 2 N–H and O–H groups in total. The van der Waals surface area contributed by atoms with Crippen molar-refractivity contribution in [3.63, 3.8) is 0 Å². The number of carboxylic acid groups (broad SMARTS) is 1. The van der Waals surface area contributed by atoms with Crippen molar-refractivity contribution >= 4 is 44.9 Å². The number of benzene rings is 1. The van der Waals surface area contributed by atoms with Gasteiger partial charge in [0.25, 0.3) is 0 Å². The van der Waals surface area contributed by atoms with Crippen LogP contribution in [0.25, 0.3) is 0 Å². The van der Waals surface area contributed by atoms with Crippen molar-refractivity contribution in [3.05, 3.63) is 27.7 Å². The maximum absolute atomic E-state index is 11.4. The van der Waals surface area contributed by atoms with Crippen LogP contribution in [0.4, 0.5) is 5.69 Å². The fraction of sp³-hybridized carbons (Fsp3) is 0.111. The van der Waals surface area contributed by atoms with Crippen LogP contribution in [0, 0.1) is 11.3 Å². The van der Waals surface area contributed by atoms with Gasteiger partial charge in [-0.3, -0.25) is 4.72 Å². The van der Waals surface area contributed by atoms with E-state index in [-0.39, 0.29) is 15.7 Å². The minimum Gasteiger partial charge on any atom is -0.478 e. The van der Waals surface area contributed by atoms with Crippen molar-refractivity contribution in [1.29, 1.82) is 5.26 Å². The minimum atomic E-state index is -4.00. The number of aromatic carboxylic acids is 1. The highest BCUT2D eigenvalue weighted by molar-refractivity contribution is 7.92. The van der Waals surface area contributed by atoms with Gasteiger partial charge in [-0.1, -0.05) is 23.2 Å². The number of anilines is 1. The molecule has 6 nitrogen and oxygen atoms in total. The third-order valence-electron chi connectivity index (χ3n) is 1.83. The normalized spacial score (nSPS) is 10.7. The second-order valence-electron chi connectivity index (χ2n) is 3.10. The molecule has 9 heteroatoms. The van der Waals surface area contributed by atoms with Gasteiger partial charge >= 0.3 is 5.97 Å². The number of carbonyl (C=O) groups is 1. The lowest BCUT2D eigenvalue weighted by Crippen LogP contribution is -2.18. The highest BCUT2D eigenvalue weighted by Crippen LogP contribution is 2.32. The van der Waals surface area contributed by atoms with Crippen LogP contribution in [0.3, 0.4) is 0 Å². The molecule has 0 aliphatic rings. The number of nitrogens with one attached hydrogen (secondary N) is 1. The first-order valence-corrected chi connectivity index (χ1v) is 6.78. The number of nitrogens with zero attached hydrogens (tertiary/aromatic N) is 1. The molecule has 0 aliphatic heterocycles. The summed E-state index contributed by atoms with van der Waals surface area (Å²) in [6.07, 6.45) is 0. The fourth-order valence-corrected chi connectivity index (χ4v) is 2.40. The monoisotopic (exact) mass is 308 g/mol. The van der Waals surface area contributed by atoms with Gasteiger partial charge in [0, 0.05) is 0 Å². The molecule has 0 bridgehead atoms.